The van der Waals surface area contributed by atoms with Gasteiger partial charge in [-0.2, -0.15) is 0 Å². The van der Waals surface area contributed by atoms with Crippen molar-refractivity contribution < 1.29 is 9.53 Å². The number of rotatable bonds is 5. The Labute approximate surface area is 126 Å². The molecule has 2 atom stereocenters. The largest absolute Gasteiger partial charge is 0.461 e. The van der Waals surface area contributed by atoms with Gasteiger partial charge >= 0.3 is 5.97 Å². The molecule has 0 spiro atoms. The first kappa shape index (κ1) is 18.2. The summed E-state index contributed by atoms with van der Waals surface area (Å²) in [4.78, 5) is 12.3. The summed E-state index contributed by atoms with van der Waals surface area (Å²) >= 11 is 2.33. The summed E-state index contributed by atoms with van der Waals surface area (Å²) < 4.78 is 6.07. The minimum atomic E-state index is -0.420. The average Bonchev–Trinajstić information content (AvgIpc) is 2.08. The van der Waals surface area contributed by atoms with E-state index in [-0.39, 0.29) is 17.5 Å². The summed E-state index contributed by atoms with van der Waals surface area (Å²) in [7, 11) is 0. The van der Waals surface area contributed by atoms with Crippen LogP contribution in [0.4, 0.5) is 0 Å². The van der Waals surface area contributed by atoms with Crippen molar-refractivity contribution in [2.75, 3.05) is 0 Å². The summed E-state index contributed by atoms with van der Waals surface area (Å²) in [5.41, 5.74) is -0.289. The van der Waals surface area contributed by atoms with Crippen LogP contribution in [0.25, 0.3) is 0 Å². The summed E-state index contributed by atoms with van der Waals surface area (Å²) in [6.45, 7) is 16.7. The molecule has 0 fully saturated rings. The van der Waals surface area contributed by atoms with Gasteiger partial charge in [0.25, 0.3) is 0 Å². The van der Waals surface area contributed by atoms with Gasteiger partial charge in [0.2, 0.25) is 0 Å². The fourth-order valence-electron chi connectivity index (χ4n) is 2.44. The van der Waals surface area contributed by atoms with Crippen molar-refractivity contribution in [3.05, 3.63) is 0 Å². The van der Waals surface area contributed by atoms with Crippen LogP contribution in [0.3, 0.4) is 0 Å². The maximum atomic E-state index is 12.3. The number of carbonyl (C=O) groups excluding carboxylic acids is 1. The second kappa shape index (κ2) is 6.58. The van der Waals surface area contributed by atoms with E-state index in [1.807, 2.05) is 13.8 Å². The third kappa shape index (κ3) is 6.39. The second-order valence-corrected chi connectivity index (χ2v) is 9.38. The van der Waals surface area contributed by atoms with Gasteiger partial charge in [-0.15, -0.1) is 0 Å². The van der Waals surface area contributed by atoms with Crippen molar-refractivity contribution in [2.45, 2.75) is 71.8 Å². The number of hydrogen-bond acceptors (Lipinski definition) is 2. The van der Waals surface area contributed by atoms with Crippen LogP contribution in [0, 0.1) is 16.7 Å². The molecule has 0 aliphatic rings. The lowest BCUT2D eigenvalue weighted by atomic mass is 9.76. The lowest BCUT2D eigenvalue weighted by molar-refractivity contribution is -0.163. The summed E-state index contributed by atoms with van der Waals surface area (Å²) in [5.74, 6) is 0.283. The lowest BCUT2D eigenvalue weighted by Gasteiger charge is -2.33. The predicted molar refractivity (Wildman–Crippen MR) is 86.1 cm³/mol. The van der Waals surface area contributed by atoms with Gasteiger partial charge in [0, 0.05) is 3.92 Å². The third-order valence-electron chi connectivity index (χ3n) is 2.88. The van der Waals surface area contributed by atoms with E-state index in [0.717, 1.165) is 6.42 Å². The Morgan fingerprint density at radius 1 is 1.11 bits per heavy atom. The van der Waals surface area contributed by atoms with Crippen LogP contribution in [0.2, 0.25) is 0 Å². The Morgan fingerprint density at radius 3 is 1.83 bits per heavy atom. The van der Waals surface area contributed by atoms with Crippen molar-refractivity contribution in [3.63, 3.8) is 0 Å². The highest BCUT2D eigenvalue weighted by Gasteiger charge is 2.36. The molecule has 108 valence electrons. The highest BCUT2D eigenvalue weighted by Crippen LogP contribution is 2.35. The minimum Gasteiger partial charge on any atom is -0.461 e. The lowest BCUT2D eigenvalue weighted by Crippen LogP contribution is -2.38. The van der Waals surface area contributed by atoms with Crippen molar-refractivity contribution in [1.82, 2.24) is 0 Å². The Hall–Kier alpha value is 0.200. The maximum Gasteiger partial charge on any atom is 0.311 e. The smallest absolute Gasteiger partial charge is 0.311 e. The fourth-order valence-corrected chi connectivity index (χ4v) is 3.42. The van der Waals surface area contributed by atoms with Crippen LogP contribution in [0.15, 0.2) is 0 Å². The Morgan fingerprint density at radius 2 is 1.56 bits per heavy atom. The standard InChI is InChI=1S/C15H29IO2/c1-10(2)12(11(3)16)18-13(17)15(7,8)9-14(4,5)6/h10-12H,9H2,1-8H3. The molecule has 0 aliphatic heterocycles. The molecular weight excluding hydrogens is 339 g/mol. The van der Waals surface area contributed by atoms with Gasteiger partial charge in [0.15, 0.2) is 0 Å². The van der Waals surface area contributed by atoms with Crippen molar-refractivity contribution >= 4 is 28.6 Å². The van der Waals surface area contributed by atoms with Gasteiger partial charge in [-0.3, -0.25) is 4.79 Å². The molecule has 0 heterocycles. The van der Waals surface area contributed by atoms with E-state index in [0.29, 0.717) is 9.84 Å². The van der Waals surface area contributed by atoms with Crippen LogP contribution in [-0.2, 0) is 9.53 Å². The number of halogens is 1. The van der Waals surface area contributed by atoms with E-state index in [4.69, 9.17) is 4.74 Å². The second-order valence-electron chi connectivity index (χ2n) is 7.41. The Kier molecular flexibility index (Phi) is 6.65. The van der Waals surface area contributed by atoms with Gasteiger partial charge in [-0.1, -0.05) is 57.2 Å². The van der Waals surface area contributed by atoms with Crippen LogP contribution in [-0.4, -0.2) is 16.0 Å². The fraction of sp³-hybridized carbons (Fsp3) is 0.933. The number of ether oxygens (including phenoxy) is 1. The molecular formula is C15H29IO2. The molecule has 0 aromatic heterocycles. The Balaban J connectivity index is 4.74. The first-order chi connectivity index (χ1) is 7.87. The first-order valence-electron chi connectivity index (χ1n) is 6.72. The predicted octanol–water partition coefficient (Wildman–Crippen LogP) is 4.84. The molecule has 0 aromatic carbocycles. The van der Waals surface area contributed by atoms with Crippen molar-refractivity contribution in [3.8, 4) is 0 Å². The van der Waals surface area contributed by atoms with Gasteiger partial charge in [0.1, 0.15) is 6.10 Å². The number of esters is 1. The number of carbonyl (C=O) groups is 1. The maximum absolute atomic E-state index is 12.3. The van der Waals surface area contributed by atoms with E-state index >= 15 is 0 Å². The van der Waals surface area contributed by atoms with E-state index in [2.05, 4.69) is 64.1 Å². The molecule has 0 rings (SSSR count). The molecule has 0 amide bonds. The topological polar surface area (TPSA) is 26.3 Å². The van der Waals surface area contributed by atoms with Crippen LogP contribution >= 0.6 is 22.6 Å². The normalized spacial score (nSPS) is 16.6. The summed E-state index contributed by atoms with van der Waals surface area (Å²) in [6, 6.07) is 0. The van der Waals surface area contributed by atoms with E-state index < -0.39 is 5.41 Å². The average molecular weight is 368 g/mol. The molecule has 2 unspecified atom stereocenters. The number of alkyl halides is 1. The molecule has 18 heavy (non-hydrogen) atoms. The number of hydrogen-bond donors (Lipinski definition) is 0. The zero-order chi connectivity index (χ0) is 14.7. The Bertz CT molecular complexity index is 267. The van der Waals surface area contributed by atoms with Gasteiger partial charge in [-0.25, -0.2) is 0 Å². The quantitative estimate of drug-likeness (QED) is 0.394. The molecule has 0 N–H and O–H groups in total. The van der Waals surface area contributed by atoms with Crippen LogP contribution in [0.1, 0.15) is 61.8 Å². The van der Waals surface area contributed by atoms with Gasteiger partial charge in [0.05, 0.1) is 5.41 Å². The third-order valence-corrected chi connectivity index (χ3v) is 3.59. The molecule has 0 saturated heterocycles. The molecule has 2 nitrogen and oxygen atoms in total. The zero-order valence-electron chi connectivity index (χ0n) is 13.1. The monoisotopic (exact) mass is 368 g/mol. The van der Waals surface area contributed by atoms with Gasteiger partial charge < -0.3 is 4.74 Å². The molecule has 0 aromatic rings. The highest BCUT2D eigenvalue weighted by atomic mass is 127. The van der Waals surface area contributed by atoms with Gasteiger partial charge in [-0.05, 0) is 38.5 Å². The SMILES string of the molecule is CC(C)C(OC(=O)C(C)(C)CC(C)(C)C)C(C)I. The minimum absolute atomic E-state index is 0.00246. The molecule has 3 heteroatoms. The van der Waals surface area contributed by atoms with Crippen molar-refractivity contribution in [2.24, 2.45) is 16.7 Å². The van der Waals surface area contributed by atoms with E-state index in [1.54, 1.807) is 0 Å². The molecule has 0 bridgehead atoms. The van der Waals surface area contributed by atoms with Crippen molar-refractivity contribution in [1.29, 1.82) is 0 Å². The highest BCUT2D eigenvalue weighted by molar-refractivity contribution is 14.1. The molecule has 0 aliphatic carbocycles. The van der Waals surface area contributed by atoms with E-state index in [9.17, 15) is 4.79 Å². The summed E-state index contributed by atoms with van der Waals surface area (Å²) in [6.07, 6.45) is 0.830. The first-order valence-corrected chi connectivity index (χ1v) is 7.96. The van der Waals surface area contributed by atoms with Crippen LogP contribution < -0.4 is 0 Å². The molecule has 0 radical (unpaired) electrons. The summed E-state index contributed by atoms with van der Waals surface area (Å²) in [5, 5.41) is 0. The molecule has 0 saturated carbocycles. The van der Waals surface area contributed by atoms with Crippen LogP contribution in [0.5, 0.6) is 0 Å². The van der Waals surface area contributed by atoms with E-state index in [1.165, 1.54) is 0 Å². The zero-order valence-corrected chi connectivity index (χ0v) is 15.3.